The van der Waals surface area contributed by atoms with E-state index in [0.29, 0.717) is 6.54 Å². The van der Waals surface area contributed by atoms with Crippen LogP contribution in [0.5, 0.6) is 0 Å². The van der Waals surface area contributed by atoms with Crippen molar-refractivity contribution in [2.45, 2.75) is 38.6 Å². The second-order valence-corrected chi connectivity index (χ2v) is 6.79. The van der Waals surface area contributed by atoms with Crippen molar-refractivity contribution in [3.05, 3.63) is 16.1 Å². The van der Waals surface area contributed by atoms with Crippen LogP contribution in [0, 0.1) is 11.8 Å². The molecule has 2 fully saturated rings. The van der Waals surface area contributed by atoms with Crippen molar-refractivity contribution in [3.63, 3.8) is 0 Å². The minimum Gasteiger partial charge on any atom is -0.330 e. The summed E-state index contributed by atoms with van der Waals surface area (Å²) in [7, 11) is 0. The second-order valence-electron chi connectivity index (χ2n) is 5.85. The highest BCUT2D eigenvalue weighted by Crippen LogP contribution is 2.34. The number of rotatable bonds is 8. The molecule has 2 saturated carbocycles. The van der Waals surface area contributed by atoms with Crippen molar-refractivity contribution < 1.29 is 0 Å². The Balaban J connectivity index is 1.54. The van der Waals surface area contributed by atoms with Gasteiger partial charge in [0.1, 0.15) is 0 Å². The van der Waals surface area contributed by atoms with Crippen molar-refractivity contribution in [1.29, 1.82) is 0 Å². The Labute approximate surface area is 113 Å². The van der Waals surface area contributed by atoms with Crippen LogP contribution in [-0.4, -0.2) is 29.5 Å². The quantitative estimate of drug-likeness (QED) is 0.784. The Morgan fingerprint density at radius 3 is 2.44 bits per heavy atom. The lowest BCUT2D eigenvalue weighted by molar-refractivity contribution is 0.242. The molecule has 0 saturated heterocycles. The molecule has 1 heterocycles. The van der Waals surface area contributed by atoms with Crippen molar-refractivity contribution in [1.82, 2.24) is 9.88 Å². The molecule has 0 atom stereocenters. The molecule has 2 aliphatic rings. The first-order valence-corrected chi connectivity index (χ1v) is 8.07. The predicted octanol–water partition coefficient (Wildman–Crippen LogP) is 2.27. The van der Waals surface area contributed by atoms with E-state index >= 15 is 0 Å². The van der Waals surface area contributed by atoms with Gasteiger partial charge in [-0.1, -0.05) is 0 Å². The molecule has 18 heavy (non-hydrogen) atoms. The lowest BCUT2D eigenvalue weighted by atomic mass is 10.3. The van der Waals surface area contributed by atoms with E-state index < -0.39 is 0 Å². The fourth-order valence-corrected chi connectivity index (χ4v) is 3.23. The Morgan fingerprint density at radius 2 is 1.89 bits per heavy atom. The predicted molar refractivity (Wildman–Crippen MR) is 75.6 cm³/mol. The van der Waals surface area contributed by atoms with E-state index in [1.807, 2.05) is 0 Å². The van der Waals surface area contributed by atoms with Crippen LogP contribution in [0.15, 0.2) is 5.38 Å². The summed E-state index contributed by atoms with van der Waals surface area (Å²) in [5.74, 6) is 1.96. The highest BCUT2D eigenvalue weighted by atomic mass is 32.1. The van der Waals surface area contributed by atoms with Crippen molar-refractivity contribution in [2.75, 3.05) is 19.6 Å². The van der Waals surface area contributed by atoms with E-state index in [-0.39, 0.29) is 0 Å². The van der Waals surface area contributed by atoms with E-state index in [4.69, 9.17) is 10.7 Å². The van der Waals surface area contributed by atoms with Crippen LogP contribution >= 0.6 is 11.3 Å². The average molecular weight is 265 g/mol. The summed E-state index contributed by atoms with van der Waals surface area (Å²) in [5, 5.41) is 3.42. The van der Waals surface area contributed by atoms with Crippen molar-refractivity contribution in [3.8, 4) is 0 Å². The van der Waals surface area contributed by atoms with Crippen LogP contribution in [-0.2, 0) is 13.0 Å². The van der Waals surface area contributed by atoms with Gasteiger partial charge in [0.25, 0.3) is 0 Å². The molecule has 0 amide bonds. The molecule has 3 rings (SSSR count). The average Bonchev–Trinajstić information content (AvgIpc) is 3.24. The largest absolute Gasteiger partial charge is 0.330 e. The number of nitrogens with two attached hydrogens (primary N) is 1. The third-order valence-electron chi connectivity index (χ3n) is 3.77. The standard InChI is InChI=1S/C14H23N3S/c15-6-5-14-16-13(10-18-14)9-17(7-11-1-2-11)8-12-3-4-12/h10-12H,1-9,15H2. The van der Waals surface area contributed by atoms with Gasteiger partial charge in [-0.15, -0.1) is 11.3 Å². The van der Waals surface area contributed by atoms with E-state index in [1.165, 1.54) is 49.5 Å². The van der Waals surface area contributed by atoms with E-state index in [1.54, 1.807) is 11.3 Å². The molecule has 0 radical (unpaired) electrons. The van der Waals surface area contributed by atoms with Crippen LogP contribution in [0.1, 0.15) is 36.4 Å². The normalized spacial score (nSPS) is 19.7. The van der Waals surface area contributed by atoms with Gasteiger partial charge in [-0.2, -0.15) is 0 Å². The molecule has 0 unspecified atom stereocenters. The zero-order valence-corrected chi connectivity index (χ0v) is 11.8. The van der Waals surface area contributed by atoms with Gasteiger partial charge in [-0.3, -0.25) is 4.90 Å². The summed E-state index contributed by atoms with van der Waals surface area (Å²) in [6.45, 7) is 4.34. The van der Waals surface area contributed by atoms with Gasteiger partial charge in [0.2, 0.25) is 0 Å². The maximum absolute atomic E-state index is 5.58. The van der Waals surface area contributed by atoms with Gasteiger partial charge >= 0.3 is 0 Å². The first-order chi connectivity index (χ1) is 8.83. The molecule has 0 aromatic carbocycles. The minimum atomic E-state index is 0.709. The maximum Gasteiger partial charge on any atom is 0.0941 e. The number of aromatic nitrogens is 1. The molecule has 1 aromatic rings. The molecular weight excluding hydrogens is 242 g/mol. The summed E-state index contributed by atoms with van der Waals surface area (Å²) in [6, 6.07) is 0. The number of nitrogens with zero attached hydrogens (tertiary/aromatic N) is 2. The highest BCUT2D eigenvalue weighted by molar-refractivity contribution is 7.09. The van der Waals surface area contributed by atoms with Crippen LogP contribution in [0.2, 0.25) is 0 Å². The van der Waals surface area contributed by atoms with E-state index in [9.17, 15) is 0 Å². The van der Waals surface area contributed by atoms with Crippen LogP contribution in [0.25, 0.3) is 0 Å². The van der Waals surface area contributed by atoms with Gasteiger partial charge < -0.3 is 5.73 Å². The van der Waals surface area contributed by atoms with Crippen LogP contribution in [0.4, 0.5) is 0 Å². The Morgan fingerprint density at radius 1 is 1.22 bits per heavy atom. The number of hydrogen-bond acceptors (Lipinski definition) is 4. The summed E-state index contributed by atoms with van der Waals surface area (Å²) >= 11 is 1.77. The Bertz CT molecular complexity index is 368. The topological polar surface area (TPSA) is 42.1 Å². The third kappa shape index (κ3) is 3.77. The molecule has 0 aliphatic heterocycles. The summed E-state index contributed by atoms with van der Waals surface area (Å²) in [5.41, 5.74) is 6.83. The van der Waals surface area contributed by atoms with Crippen molar-refractivity contribution in [2.24, 2.45) is 17.6 Å². The molecule has 4 heteroatoms. The van der Waals surface area contributed by atoms with Gasteiger partial charge in [0.15, 0.2) is 0 Å². The SMILES string of the molecule is NCCc1nc(CN(CC2CC2)CC2CC2)cs1. The molecule has 1 aromatic heterocycles. The lowest BCUT2D eigenvalue weighted by Gasteiger charge is -2.20. The van der Waals surface area contributed by atoms with Gasteiger partial charge in [0, 0.05) is 31.4 Å². The van der Waals surface area contributed by atoms with Crippen LogP contribution < -0.4 is 5.73 Å². The molecule has 2 aliphatic carbocycles. The summed E-state index contributed by atoms with van der Waals surface area (Å²) in [6.07, 6.45) is 6.69. The molecule has 2 N–H and O–H groups in total. The fraction of sp³-hybridized carbons (Fsp3) is 0.786. The van der Waals surface area contributed by atoms with Gasteiger partial charge in [-0.25, -0.2) is 4.98 Å². The van der Waals surface area contributed by atoms with Crippen molar-refractivity contribution >= 4 is 11.3 Å². The number of hydrogen-bond donors (Lipinski definition) is 1. The first kappa shape index (κ1) is 12.6. The fourth-order valence-electron chi connectivity index (χ4n) is 2.42. The number of thiazole rings is 1. The highest BCUT2D eigenvalue weighted by Gasteiger charge is 2.29. The van der Waals surface area contributed by atoms with Crippen LogP contribution in [0.3, 0.4) is 0 Å². The molecule has 3 nitrogen and oxygen atoms in total. The summed E-state index contributed by atoms with van der Waals surface area (Å²) in [4.78, 5) is 7.33. The van der Waals surface area contributed by atoms with E-state index in [0.717, 1.165) is 24.8 Å². The maximum atomic E-state index is 5.58. The zero-order valence-electron chi connectivity index (χ0n) is 11.0. The second kappa shape index (κ2) is 5.68. The third-order valence-corrected chi connectivity index (χ3v) is 4.73. The van der Waals surface area contributed by atoms with Gasteiger partial charge in [-0.05, 0) is 44.1 Å². The smallest absolute Gasteiger partial charge is 0.0941 e. The lowest BCUT2D eigenvalue weighted by Crippen LogP contribution is -2.28. The minimum absolute atomic E-state index is 0.709. The Kier molecular flexibility index (Phi) is 3.97. The van der Waals surface area contributed by atoms with Gasteiger partial charge in [0.05, 0.1) is 10.7 Å². The molecule has 0 bridgehead atoms. The summed E-state index contributed by atoms with van der Waals surface area (Å²) < 4.78 is 0. The first-order valence-electron chi connectivity index (χ1n) is 7.19. The monoisotopic (exact) mass is 265 g/mol. The molecular formula is C14H23N3S. The Hall–Kier alpha value is -0.450. The molecule has 0 spiro atoms. The van der Waals surface area contributed by atoms with E-state index in [2.05, 4.69) is 10.3 Å². The molecule has 100 valence electrons. The zero-order chi connectivity index (χ0) is 12.4.